The molecule has 1 rings (SSSR count). The number of aliphatic carboxylic acids is 1. The lowest BCUT2D eigenvalue weighted by Crippen LogP contribution is -2.19. The van der Waals surface area contributed by atoms with E-state index in [-0.39, 0.29) is 5.75 Å². The van der Waals surface area contributed by atoms with Crippen LogP contribution in [0.4, 0.5) is 0 Å². The predicted octanol–water partition coefficient (Wildman–Crippen LogP) is 1.47. The Morgan fingerprint density at radius 1 is 1.25 bits per heavy atom. The van der Waals surface area contributed by atoms with Gasteiger partial charge in [-0.25, -0.2) is 9.59 Å². The normalized spacial score (nSPS) is 9.56. The Balaban J connectivity index is 2.78. The first kappa shape index (κ1) is 12.0. The van der Waals surface area contributed by atoms with Crippen LogP contribution in [0.2, 0.25) is 0 Å². The number of para-hydroxylation sites is 2. The number of carbonyl (C=O) groups is 2. The molecule has 0 atom stereocenters. The van der Waals surface area contributed by atoms with E-state index in [0.29, 0.717) is 12.4 Å². The van der Waals surface area contributed by atoms with Crippen molar-refractivity contribution in [3.63, 3.8) is 0 Å². The Labute approximate surface area is 92.6 Å². The number of carboxylic acids is 1. The minimum absolute atomic E-state index is 0.114. The van der Waals surface area contributed by atoms with Gasteiger partial charge in [-0.2, -0.15) is 0 Å². The van der Waals surface area contributed by atoms with E-state index in [1.54, 1.807) is 18.2 Å². The van der Waals surface area contributed by atoms with E-state index < -0.39 is 11.9 Å². The zero-order valence-corrected chi connectivity index (χ0v) is 8.80. The molecule has 0 saturated carbocycles. The molecule has 0 unspecified atom stereocenters. The fraction of sp³-hybridized carbons (Fsp3) is 0.273. The van der Waals surface area contributed by atoms with Crippen LogP contribution in [-0.4, -0.2) is 23.7 Å². The van der Waals surface area contributed by atoms with Crippen LogP contribution in [0.3, 0.4) is 0 Å². The maximum absolute atomic E-state index is 10.9. The van der Waals surface area contributed by atoms with Gasteiger partial charge in [0.05, 0.1) is 6.61 Å². The number of hydrogen-bond donors (Lipinski definition) is 1. The molecule has 0 amide bonds. The molecule has 1 aromatic rings. The Morgan fingerprint density at radius 3 is 2.44 bits per heavy atom. The Kier molecular flexibility index (Phi) is 4.32. The molecule has 0 spiro atoms. The largest absolute Gasteiger partial charge is 0.490 e. The summed E-state index contributed by atoms with van der Waals surface area (Å²) in [4.78, 5) is 21.2. The summed E-state index contributed by atoms with van der Waals surface area (Å²) in [6, 6.07) is 6.43. The van der Waals surface area contributed by atoms with Crippen molar-refractivity contribution >= 4 is 11.9 Å². The molecule has 86 valence electrons. The van der Waals surface area contributed by atoms with Gasteiger partial charge in [-0.05, 0) is 18.6 Å². The van der Waals surface area contributed by atoms with Crippen molar-refractivity contribution in [3.8, 4) is 11.5 Å². The maximum Gasteiger partial charge on any atom is 0.422 e. The first-order valence-electron chi connectivity index (χ1n) is 4.82. The third kappa shape index (κ3) is 3.27. The monoisotopic (exact) mass is 224 g/mol. The smallest absolute Gasteiger partial charge is 0.422 e. The van der Waals surface area contributed by atoms with Crippen molar-refractivity contribution in [1.82, 2.24) is 0 Å². The van der Waals surface area contributed by atoms with E-state index in [1.807, 2.05) is 6.92 Å². The molecule has 0 saturated heterocycles. The van der Waals surface area contributed by atoms with Crippen molar-refractivity contribution in [2.75, 3.05) is 6.61 Å². The van der Waals surface area contributed by atoms with Crippen LogP contribution in [0.5, 0.6) is 11.5 Å². The third-order valence-electron chi connectivity index (χ3n) is 1.69. The maximum atomic E-state index is 10.9. The first-order valence-corrected chi connectivity index (χ1v) is 4.82. The summed E-state index contributed by atoms with van der Waals surface area (Å²) in [5, 5.41) is 8.39. The molecule has 1 N–H and O–H groups in total. The quantitative estimate of drug-likeness (QED) is 0.476. The molecule has 1 aromatic carbocycles. The molecular formula is C11H12O5. The molecular weight excluding hydrogens is 212 g/mol. The molecule has 0 aliphatic rings. The molecule has 0 bridgehead atoms. The molecule has 0 heterocycles. The second-order valence-corrected chi connectivity index (χ2v) is 2.99. The lowest BCUT2D eigenvalue weighted by Gasteiger charge is -2.09. The molecule has 16 heavy (non-hydrogen) atoms. The molecule has 0 aliphatic heterocycles. The highest BCUT2D eigenvalue weighted by Gasteiger charge is 2.16. The Hall–Kier alpha value is -2.04. The van der Waals surface area contributed by atoms with Gasteiger partial charge in [0.2, 0.25) is 0 Å². The van der Waals surface area contributed by atoms with Gasteiger partial charge in [0.25, 0.3) is 0 Å². The standard InChI is InChI=1S/C11H12O5/c1-2-7-15-8-5-3-4-6-9(8)16-11(14)10(12)13/h3-6H,2,7H2,1H3,(H,12,13). The highest BCUT2D eigenvalue weighted by Crippen LogP contribution is 2.26. The fourth-order valence-corrected chi connectivity index (χ4v) is 1.01. The van der Waals surface area contributed by atoms with Crippen LogP contribution in [0.15, 0.2) is 24.3 Å². The highest BCUT2D eigenvalue weighted by molar-refractivity contribution is 6.29. The number of hydrogen-bond acceptors (Lipinski definition) is 4. The fourth-order valence-electron chi connectivity index (χ4n) is 1.01. The molecule has 5 heteroatoms. The van der Waals surface area contributed by atoms with E-state index >= 15 is 0 Å². The SMILES string of the molecule is CCCOc1ccccc1OC(=O)C(=O)O. The van der Waals surface area contributed by atoms with Crippen molar-refractivity contribution in [3.05, 3.63) is 24.3 Å². The second kappa shape index (κ2) is 5.75. The van der Waals surface area contributed by atoms with Gasteiger partial charge in [0, 0.05) is 0 Å². The average molecular weight is 224 g/mol. The highest BCUT2D eigenvalue weighted by atomic mass is 16.6. The van der Waals surface area contributed by atoms with Crippen LogP contribution >= 0.6 is 0 Å². The number of carbonyl (C=O) groups excluding carboxylic acids is 1. The number of benzene rings is 1. The lowest BCUT2D eigenvalue weighted by molar-refractivity contribution is -0.158. The van der Waals surface area contributed by atoms with Crippen LogP contribution in [-0.2, 0) is 9.59 Å². The minimum atomic E-state index is -1.63. The van der Waals surface area contributed by atoms with E-state index in [2.05, 4.69) is 4.74 Å². The van der Waals surface area contributed by atoms with Crippen molar-refractivity contribution < 1.29 is 24.2 Å². The van der Waals surface area contributed by atoms with Gasteiger partial charge >= 0.3 is 11.9 Å². The molecule has 0 radical (unpaired) electrons. The van der Waals surface area contributed by atoms with E-state index in [9.17, 15) is 9.59 Å². The third-order valence-corrected chi connectivity index (χ3v) is 1.69. The number of rotatable bonds is 4. The summed E-state index contributed by atoms with van der Waals surface area (Å²) in [7, 11) is 0. The molecule has 0 aliphatic carbocycles. The van der Waals surface area contributed by atoms with Crippen molar-refractivity contribution in [1.29, 1.82) is 0 Å². The van der Waals surface area contributed by atoms with Gasteiger partial charge in [-0.1, -0.05) is 19.1 Å². The van der Waals surface area contributed by atoms with Crippen molar-refractivity contribution in [2.24, 2.45) is 0 Å². The number of carboxylic acid groups (broad SMARTS) is 1. The van der Waals surface area contributed by atoms with E-state index in [1.165, 1.54) is 6.07 Å². The van der Waals surface area contributed by atoms with Gasteiger partial charge in [-0.3, -0.25) is 0 Å². The van der Waals surface area contributed by atoms with Crippen LogP contribution in [0, 0.1) is 0 Å². The number of esters is 1. The predicted molar refractivity (Wildman–Crippen MR) is 55.5 cm³/mol. The molecule has 0 aromatic heterocycles. The summed E-state index contributed by atoms with van der Waals surface area (Å²) in [6.07, 6.45) is 0.807. The van der Waals surface area contributed by atoms with Gasteiger partial charge < -0.3 is 14.6 Å². The van der Waals surface area contributed by atoms with Crippen LogP contribution < -0.4 is 9.47 Å². The van der Waals surface area contributed by atoms with Gasteiger partial charge in [0.15, 0.2) is 11.5 Å². The minimum Gasteiger partial charge on any atom is -0.490 e. The van der Waals surface area contributed by atoms with Gasteiger partial charge in [0.1, 0.15) is 0 Å². The first-order chi connectivity index (χ1) is 7.65. The summed E-state index contributed by atoms with van der Waals surface area (Å²) in [5.41, 5.74) is 0. The summed E-state index contributed by atoms with van der Waals surface area (Å²) >= 11 is 0. The Bertz CT molecular complexity index is 386. The summed E-state index contributed by atoms with van der Waals surface area (Å²) < 4.78 is 9.94. The van der Waals surface area contributed by atoms with E-state index in [0.717, 1.165) is 6.42 Å². The zero-order chi connectivity index (χ0) is 12.0. The Morgan fingerprint density at radius 2 is 1.88 bits per heavy atom. The second-order valence-electron chi connectivity index (χ2n) is 2.99. The summed E-state index contributed by atoms with van der Waals surface area (Å²) in [5.74, 6) is -2.49. The average Bonchev–Trinajstić information content (AvgIpc) is 2.27. The summed E-state index contributed by atoms with van der Waals surface area (Å²) in [6.45, 7) is 2.41. The van der Waals surface area contributed by atoms with Crippen LogP contribution in [0.1, 0.15) is 13.3 Å². The lowest BCUT2D eigenvalue weighted by atomic mass is 10.3. The zero-order valence-electron chi connectivity index (χ0n) is 8.80. The van der Waals surface area contributed by atoms with Crippen molar-refractivity contribution in [2.45, 2.75) is 13.3 Å². The molecule has 0 fully saturated rings. The number of ether oxygens (including phenoxy) is 2. The topological polar surface area (TPSA) is 72.8 Å². The van der Waals surface area contributed by atoms with Gasteiger partial charge in [-0.15, -0.1) is 0 Å². The van der Waals surface area contributed by atoms with Crippen LogP contribution in [0.25, 0.3) is 0 Å². The molecule has 5 nitrogen and oxygen atoms in total. The van der Waals surface area contributed by atoms with E-state index in [4.69, 9.17) is 9.84 Å².